The van der Waals surface area contributed by atoms with Gasteiger partial charge in [-0.2, -0.15) is 26.3 Å². The van der Waals surface area contributed by atoms with E-state index in [1.54, 1.807) is 18.2 Å². The Hall–Kier alpha value is -4.05. The van der Waals surface area contributed by atoms with Crippen molar-refractivity contribution < 1.29 is 54.9 Å². The van der Waals surface area contributed by atoms with E-state index in [9.17, 15) is 40.7 Å². The summed E-state index contributed by atoms with van der Waals surface area (Å²) in [5.74, 6) is -1.29. The number of ether oxygens (including phenoxy) is 3. The lowest BCUT2D eigenvalue weighted by atomic mass is 10.0. The van der Waals surface area contributed by atoms with E-state index in [0.29, 0.717) is 0 Å². The van der Waals surface area contributed by atoms with E-state index < -0.39 is 68.8 Å². The maximum atomic E-state index is 13.5. The largest absolute Gasteiger partial charge is 0.490 e. The van der Waals surface area contributed by atoms with Crippen LogP contribution in [0.25, 0.3) is 0 Å². The van der Waals surface area contributed by atoms with E-state index in [0.717, 1.165) is 59.9 Å². The minimum atomic E-state index is -4.74. The molecule has 0 aliphatic carbocycles. The second-order valence-corrected chi connectivity index (χ2v) is 11.3. The highest BCUT2D eigenvalue weighted by Gasteiger charge is 2.46. The maximum Gasteiger partial charge on any atom is 0.418 e. The van der Waals surface area contributed by atoms with Gasteiger partial charge in [0.05, 0.1) is 28.1 Å². The van der Waals surface area contributed by atoms with E-state index >= 15 is 0 Å². The fraction of sp³-hybridized carbons (Fsp3) is 0.222. The molecule has 0 unspecified atom stereocenters. The smallest absolute Gasteiger partial charge is 0.418 e. The molecule has 0 spiro atoms. The molecule has 2 amide bonds. The zero-order chi connectivity index (χ0) is 31.3. The molecule has 8 nitrogen and oxygen atoms in total. The predicted octanol–water partition coefficient (Wildman–Crippen LogP) is 7.87. The number of hydrogen-bond acceptors (Lipinski definition) is 8. The SMILES string of the molecule is O=C(Nc1ccccc1C(F)(F)F)OCSC1(SCOC(=O)Nc2ccccc2C(F)(F)F)COc2ccccc2C1=O. The van der Waals surface area contributed by atoms with Crippen molar-refractivity contribution in [2.75, 3.05) is 29.1 Å². The van der Waals surface area contributed by atoms with Crippen LogP contribution in [-0.4, -0.2) is 40.5 Å². The number of benzene rings is 3. The summed E-state index contributed by atoms with van der Waals surface area (Å²) in [6.45, 7) is -0.290. The van der Waals surface area contributed by atoms with Gasteiger partial charge in [0.25, 0.3) is 0 Å². The van der Waals surface area contributed by atoms with Gasteiger partial charge in [-0.1, -0.05) is 59.9 Å². The van der Waals surface area contributed by atoms with Crippen LogP contribution >= 0.6 is 23.5 Å². The summed E-state index contributed by atoms with van der Waals surface area (Å²) < 4.78 is 93.6. The van der Waals surface area contributed by atoms with Gasteiger partial charge in [0, 0.05) is 0 Å². The Morgan fingerprint density at radius 3 is 1.67 bits per heavy atom. The van der Waals surface area contributed by atoms with Crippen molar-refractivity contribution in [3.63, 3.8) is 0 Å². The molecule has 0 radical (unpaired) electrons. The number of ketones is 1. The van der Waals surface area contributed by atoms with Crippen molar-refractivity contribution in [3.05, 3.63) is 89.5 Å². The van der Waals surface area contributed by atoms with E-state index in [2.05, 4.69) is 0 Å². The Morgan fingerprint density at radius 2 is 1.19 bits per heavy atom. The van der Waals surface area contributed by atoms with Crippen LogP contribution in [0.15, 0.2) is 72.8 Å². The molecule has 0 fully saturated rings. The van der Waals surface area contributed by atoms with Crippen molar-refractivity contribution >= 4 is 52.9 Å². The number of hydrogen-bond donors (Lipinski definition) is 2. The first kappa shape index (κ1) is 31.9. The molecule has 1 heterocycles. The average molecular weight is 647 g/mol. The summed E-state index contributed by atoms with van der Waals surface area (Å²) in [6.07, 6.45) is -11.9. The highest BCUT2D eigenvalue weighted by atomic mass is 32.2. The number of para-hydroxylation sites is 3. The Balaban J connectivity index is 1.42. The molecule has 228 valence electrons. The Morgan fingerprint density at radius 1 is 0.744 bits per heavy atom. The lowest BCUT2D eigenvalue weighted by Crippen LogP contribution is -2.43. The first-order chi connectivity index (χ1) is 20.3. The molecular formula is C27H20F6N2O6S2. The monoisotopic (exact) mass is 646 g/mol. The highest BCUT2D eigenvalue weighted by molar-refractivity contribution is 8.19. The summed E-state index contributed by atoms with van der Waals surface area (Å²) in [5, 5.41) is 4.03. The predicted molar refractivity (Wildman–Crippen MR) is 147 cm³/mol. The van der Waals surface area contributed by atoms with E-state index in [1.165, 1.54) is 18.2 Å². The van der Waals surface area contributed by atoms with Crippen LogP contribution in [0.3, 0.4) is 0 Å². The number of carbonyl (C=O) groups excluding carboxylic acids is 3. The van der Waals surface area contributed by atoms with E-state index in [-0.39, 0.29) is 17.9 Å². The first-order valence-electron chi connectivity index (χ1n) is 12.0. The molecular weight excluding hydrogens is 626 g/mol. The van der Waals surface area contributed by atoms with Gasteiger partial charge in [0.15, 0.2) is 9.86 Å². The second kappa shape index (κ2) is 13.1. The standard InChI is InChI=1S/C27H20F6N2O6S2/c28-26(29,30)17-8-2-4-10-19(17)34-23(37)40-14-42-25(13-39-21-12-6-1-7-16(21)22(25)36)43-15-41-24(38)35-20-11-5-3-9-18(20)27(31,32)33/h1-12H,13-15H2,(H,34,37)(H,35,38). The minimum Gasteiger partial charge on any atom is -0.490 e. The number of carbonyl (C=O) groups is 3. The molecule has 3 aromatic carbocycles. The summed E-state index contributed by atoms with van der Waals surface area (Å²) in [4.78, 5) is 38.1. The number of rotatable bonds is 8. The minimum absolute atomic E-state index is 0.167. The zero-order valence-electron chi connectivity index (χ0n) is 21.6. The fourth-order valence-electron chi connectivity index (χ4n) is 3.81. The van der Waals surface area contributed by atoms with Crippen LogP contribution in [0.2, 0.25) is 0 Å². The number of fused-ring (bicyclic) bond motifs is 1. The Bertz CT molecular complexity index is 1420. The molecule has 0 saturated carbocycles. The van der Waals surface area contributed by atoms with Gasteiger partial charge in [-0.25, -0.2) is 9.59 Å². The zero-order valence-corrected chi connectivity index (χ0v) is 23.2. The molecule has 1 aliphatic heterocycles. The summed E-state index contributed by atoms with van der Waals surface area (Å²) >= 11 is 1.50. The van der Waals surface area contributed by atoms with Crippen LogP contribution in [0.4, 0.5) is 47.3 Å². The van der Waals surface area contributed by atoms with Gasteiger partial charge < -0.3 is 14.2 Å². The second-order valence-electron chi connectivity index (χ2n) is 8.59. The molecule has 2 N–H and O–H groups in total. The molecule has 1 aliphatic rings. The van der Waals surface area contributed by atoms with Crippen LogP contribution < -0.4 is 15.4 Å². The normalized spacial score (nSPS) is 14.2. The maximum absolute atomic E-state index is 13.5. The van der Waals surface area contributed by atoms with Crippen LogP contribution in [0, 0.1) is 0 Å². The number of thioether (sulfide) groups is 2. The van der Waals surface area contributed by atoms with E-state index in [1.807, 2.05) is 10.6 Å². The number of Topliss-reactive ketones (excluding diaryl/α,β-unsaturated/α-hetero) is 1. The average Bonchev–Trinajstić information content (AvgIpc) is 2.94. The quantitative estimate of drug-likeness (QED) is 0.188. The first-order valence-corrected chi connectivity index (χ1v) is 14.0. The van der Waals surface area contributed by atoms with Crippen molar-refractivity contribution in [1.82, 2.24) is 0 Å². The van der Waals surface area contributed by atoms with Crippen LogP contribution in [-0.2, 0) is 21.8 Å². The molecule has 0 atom stereocenters. The number of amides is 2. The molecule has 3 aromatic rings. The molecule has 0 aromatic heterocycles. The molecule has 4 rings (SSSR count). The summed E-state index contributed by atoms with van der Waals surface area (Å²) in [7, 11) is 0. The van der Waals surface area contributed by atoms with Gasteiger partial charge in [0.2, 0.25) is 0 Å². The molecule has 0 saturated heterocycles. The molecule has 0 bridgehead atoms. The summed E-state index contributed by atoms with van der Waals surface area (Å²) in [6, 6.07) is 14.8. The number of halogens is 6. The topological polar surface area (TPSA) is 103 Å². The number of anilines is 2. The third-order valence-corrected chi connectivity index (χ3v) is 8.52. The summed E-state index contributed by atoms with van der Waals surface area (Å²) in [5.41, 5.74) is -3.08. The van der Waals surface area contributed by atoms with Crippen molar-refractivity contribution in [3.8, 4) is 5.75 Å². The van der Waals surface area contributed by atoms with Crippen molar-refractivity contribution in [2.24, 2.45) is 0 Å². The highest BCUT2D eigenvalue weighted by Crippen LogP contribution is 2.45. The van der Waals surface area contributed by atoms with Crippen molar-refractivity contribution in [2.45, 2.75) is 16.4 Å². The van der Waals surface area contributed by atoms with Gasteiger partial charge in [-0.3, -0.25) is 15.4 Å². The molecule has 43 heavy (non-hydrogen) atoms. The molecule has 16 heteroatoms. The number of alkyl halides is 6. The Kier molecular flexibility index (Phi) is 9.69. The lowest BCUT2D eigenvalue weighted by molar-refractivity contribution is -0.137. The Labute approximate surface area is 248 Å². The van der Waals surface area contributed by atoms with Gasteiger partial charge in [-0.15, -0.1) is 0 Å². The van der Waals surface area contributed by atoms with Crippen LogP contribution in [0.5, 0.6) is 5.75 Å². The van der Waals surface area contributed by atoms with Gasteiger partial charge in [-0.05, 0) is 36.4 Å². The third-order valence-electron chi connectivity index (χ3n) is 5.80. The third kappa shape index (κ3) is 7.87. The van der Waals surface area contributed by atoms with Crippen molar-refractivity contribution in [1.29, 1.82) is 0 Å². The van der Waals surface area contributed by atoms with Gasteiger partial charge in [0.1, 0.15) is 24.2 Å². The lowest BCUT2D eigenvalue weighted by Gasteiger charge is -2.34. The van der Waals surface area contributed by atoms with Gasteiger partial charge >= 0.3 is 24.5 Å². The van der Waals surface area contributed by atoms with Crippen LogP contribution in [0.1, 0.15) is 21.5 Å². The van der Waals surface area contributed by atoms with E-state index in [4.69, 9.17) is 14.2 Å². The fourth-order valence-corrected chi connectivity index (χ4v) is 5.91. The number of nitrogens with one attached hydrogen (secondary N) is 2.